The van der Waals surface area contributed by atoms with Crippen LogP contribution in [0.5, 0.6) is 0 Å². The van der Waals surface area contributed by atoms with Crippen molar-refractivity contribution in [3.63, 3.8) is 0 Å². The van der Waals surface area contributed by atoms with Crippen molar-refractivity contribution in [1.82, 2.24) is 5.32 Å². The number of ether oxygens (including phenoxy) is 2. The minimum Gasteiger partial charge on any atom is -0.379 e. The molecule has 0 aliphatic carbocycles. The zero-order valence-corrected chi connectivity index (χ0v) is 24.8. The highest BCUT2D eigenvalue weighted by Gasteiger charge is 2.20. The van der Waals surface area contributed by atoms with Crippen LogP contribution in [0.15, 0.2) is 12.2 Å². The van der Waals surface area contributed by atoms with Gasteiger partial charge in [0.25, 0.3) is 0 Å². The lowest BCUT2D eigenvalue weighted by Gasteiger charge is -2.20. The average Bonchev–Trinajstić information content (AvgIpc) is 2.82. The molecule has 0 aromatic rings. The number of phosphoric ester groups is 1. The first kappa shape index (κ1) is 35.7. The first-order chi connectivity index (χ1) is 17.3. The molecule has 2 N–H and O–H groups in total. The number of unbranched alkanes of at least 4 members (excludes halogenated alkanes) is 12. The van der Waals surface area contributed by atoms with Crippen LogP contribution in [-0.4, -0.2) is 56.6 Å². The maximum atomic E-state index is 11.8. The quantitative estimate of drug-likeness (QED) is 0.0637. The van der Waals surface area contributed by atoms with Crippen LogP contribution in [0.2, 0.25) is 0 Å². The summed E-state index contributed by atoms with van der Waals surface area (Å²) in [6, 6.07) is 0. The van der Waals surface area contributed by atoms with Crippen molar-refractivity contribution >= 4 is 7.82 Å². The topological polar surface area (TPSA) is 86.3 Å². The normalized spacial score (nSPS) is 14.0. The van der Waals surface area contributed by atoms with Crippen LogP contribution in [0.25, 0.3) is 0 Å². The van der Waals surface area contributed by atoms with Crippen molar-refractivity contribution in [2.24, 2.45) is 0 Å². The van der Waals surface area contributed by atoms with E-state index in [-0.39, 0.29) is 25.4 Å². The van der Waals surface area contributed by atoms with E-state index < -0.39 is 7.82 Å². The minimum atomic E-state index is -4.03. The van der Waals surface area contributed by atoms with E-state index >= 15 is 0 Å². The number of nitrogens with one attached hydrogen (secondary N) is 1. The minimum absolute atomic E-state index is 0.00932. The average molecular weight is 536 g/mol. The molecule has 0 fully saturated rings. The molecule has 0 spiro atoms. The molecule has 0 saturated heterocycles. The predicted octanol–water partition coefficient (Wildman–Crippen LogP) is 7.58. The fourth-order valence-electron chi connectivity index (χ4n) is 3.61. The molecule has 1 atom stereocenters. The number of rotatable bonds is 27. The van der Waals surface area contributed by atoms with E-state index in [1.165, 1.54) is 83.5 Å². The fraction of sp³-hybridized carbons (Fsp3) is 0.929. The molecule has 36 heavy (non-hydrogen) atoms. The summed E-state index contributed by atoms with van der Waals surface area (Å²) in [6.07, 6.45) is 23.0. The summed E-state index contributed by atoms with van der Waals surface area (Å²) in [5.74, 6) is 0. The Morgan fingerprint density at radius 1 is 0.667 bits per heavy atom. The highest BCUT2D eigenvalue weighted by atomic mass is 31.2. The third-order valence-electron chi connectivity index (χ3n) is 5.67. The molecular weight excluding hydrogens is 477 g/mol. The van der Waals surface area contributed by atoms with E-state index in [9.17, 15) is 9.46 Å². The molecule has 0 bridgehead atoms. The highest BCUT2D eigenvalue weighted by Crippen LogP contribution is 2.42. The van der Waals surface area contributed by atoms with Crippen molar-refractivity contribution < 1.29 is 28.0 Å². The van der Waals surface area contributed by atoms with Gasteiger partial charge in [-0.1, -0.05) is 76.9 Å². The lowest BCUT2D eigenvalue weighted by atomic mass is 10.1. The molecule has 0 radical (unpaired) electrons. The summed E-state index contributed by atoms with van der Waals surface area (Å²) in [7, 11) is -4.03. The molecular formula is C28H58NO6P. The van der Waals surface area contributed by atoms with E-state index in [0.717, 1.165) is 13.0 Å². The van der Waals surface area contributed by atoms with Crippen LogP contribution in [0.1, 0.15) is 118 Å². The van der Waals surface area contributed by atoms with E-state index in [4.69, 9.17) is 18.5 Å². The van der Waals surface area contributed by atoms with E-state index in [0.29, 0.717) is 19.8 Å². The largest absolute Gasteiger partial charge is 0.472 e. The Kier molecular flexibility index (Phi) is 24.8. The number of hydrogen-bond acceptors (Lipinski definition) is 6. The van der Waals surface area contributed by atoms with Crippen molar-refractivity contribution in [3.05, 3.63) is 12.2 Å². The third-order valence-corrected chi connectivity index (χ3v) is 6.68. The second-order valence-electron chi connectivity index (χ2n) is 10.5. The molecule has 1 unspecified atom stereocenters. The van der Waals surface area contributed by atoms with Gasteiger partial charge in [-0.3, -0.25) is 9.05 Å². The smallest absolute Gasteiger partial charge is 0.379 e. The van der Waals surface area contributed by atoms with Crippen molar-refractivity contribution in [2.45, 2.75) is 123 Å². The fourth-order valence-corrected chi connectivity index (χ4v) is 4.31. The maximum Gasteiger partial charge on any atom is 0.472 e. The summed E-state index contributed by atoms with van der Waals surface area (Å²) in [4.78, 5) is 9.62. The molecule has 0 amide bonds. The molecule has 0 aromatic heterocycles. The van der Waals surface area contributed by atoms with Crippen molar-refractivity contribution in [2.75, 3.05) is 46.2 Å². The van der Waals surface area contributed by atoms with Gasteiger partial charge in [-0.25, -0.2) is 4.57 Å². The van der Waals surface area contributed by atoms with Crippen LogP contribution >= 0.6 is 7.82 Å². The van der Waals surface area contributed by atoms with Crippen LogP contribution < -0.4 is 5.32 Å². The number of phosphoric acid groups is 1. The Bertz CT molecular complexity index is 539. The van der Waals surface area contributed by atoms with Gasteiger partial charge < -0.3 is 19.7 Å². The van der Waals surface area contributed by atoms with Crippen molar-refractivity contribution in [1.29, 1.82) is 0 Å². The standard InChI is InChI=1S/C28H58NO6P/c1-5-6-7-8-9-10-11-12-13-14-15-16-17-18-19-20-22-32-24-25-33-26-27-35-36(30,31)34-23-21-29-28(2,3)4/h12-13,29H,5-11,14-27H2,1-4H3,(H,30,31)/b13-12-. The van der Waals surface area contributed by atoms with Gasteiger partial charge in [0.15, 0.2) is 0 Å². The van der Waals surface area contributed by atoms with Gasteiger partial charge in [0, 0.05) is 18.7 Å². The molecule has 0 rings (SSSR count). The summed E-state index contributed by atoms with van der Waals surface area (Å²) < 4.78 is 32.5. The van der Waals surface area contributed by atoms with Gasteiger partial charge in [-0.15, -0.1) is 0 Å². The van der Waals surface area contributed by atoms with Gasteiger partial charge >= 0.3 is 7.82 Å². The summed E-state index contributed by atoms with van der Waals surface area (Å²) in [6.45, 7) is 10.9. The van der Waals surface area contributed by atoms with Gasteiger partial charge in [0.05, 0.1) is 33.0 Å². The van der Waals surface area contributed by atoms with Gasteiger partial charge in [0.2, 0.25) is 0 Å². The molecule has 0 heterocycles. The van der Waals surface area contributed by atoms with E-state index in [2.05, 4.69) is 24.4 Å². The van der Waals surface area contributed by atoms with Crippen LogP contribution in [0, 0.1) is 0 Å². The Labute approximate surface area is 222 Å². The molecule has 0 aliphatic heterocycles. The SMILES string of the molecule is CCCCCCCC/C=C\CCCCCCCCOCCOCCOP(=O)(O)OCCNC(C)(C)C. The first-order valence-corrected chi connectivity index (χ1v) is 15.9. The third kappa shape index (κ3) is 30.0. The molecule has 216 valence electrons. The Morgan fingerprint density at radius 3 is 1.72 bits per heavy atom. The Hall–Kier alpha value is -0.270. The molecule has 8 heteroatoms. The van der Waals surface area contributed by atoms with Crippen LogP contribution in [0.4, 0.5) is 0 Å². The lowest BCUT2D eigenvalue weighted by molar-refractivity contribution is 0.0290. The molecule has 0 aromatic carbocycles. The number of hydrogen-bond donors (Lipinski definition) is 2. The molecule has 0 saturated carbocycles. The first-order valence-electron chi connectivity index (χ1n) is 14.4. The van der Waals surface area contributed by atoms with Crippen LogP contribution in [0.3, 0.4) is 0 Å². The van der Waals surface area contributed by atoms with E-state index in [1.54, 1.807) is 0 Å². The lowest BCUT2D eigenvalue weighted by Crippen LogP contribution is -2.37. The van der Waals surface area contributed by atoms with E-state index in [1.807, 2.05) is 20.8 Å². The maximum absolute atomic E-state index is 11.8. The zero-order chi connectivity index (χ0) is 26.8. The second kappa shape index (κ2) is 25.0. The summed E-state index contributed by atoms with van der Waals surface area (Å²) in [5, 5.41) is 3.18. The monoisotopic (exact) mass is 535 g/mol. The summed E-state index contributed by atoms with van der Waals surface area (Å²) >= 11 is 0. The van der Waals surface area contributed by atoms with Gasteiger partial charge in [-0.05, 0) is 52.9 Å². The van der Waals surface area contributed by atoms with Gasteiger partial charge in [-0.2, -0.15) is 0 Å². The molecule has 7 nitrogen and oxygen atoms in total. The highest BCUT2D eigenvalue weighted by molar-refractivity contribution is 7.47. The zero-order valence-electron chi connectivity index (χ0n) is 23.9. The predicted molar refractivity (Wildman–Crippen MR) is 151 cm³/mol. The summed E-state index contributed by atoms with van der Waals surface area (Å²) in [5.41, 5.74) is -0.0659. The Morgan fingerprint density at radius 2 is 1.14 bits per heavy atom. The van der Waals surface area contributed by atoms with Gasteiger partial charge in [0.1, 0.15) is 0 Å². The Balaban J connectivity index is 3.28. The van der Waals surface area contributed by atoms with Crippen LogP contribution in [-0.2, 0) is 23.1 Å². The van der Waals surface area contributed by atoms with Crippen molar-refractivity contribution in [3.8, 4) is 0 Å². The second-order valence-corrected chi connectivity index (χ2v) is 11.9. The number of allylic oxidation sites excluding steroid dienone is 2. The molecule has 0 aliphatic rings.